The average molecular weight is 322 g/mol. The van der Waals surface area contributed by atoms with Gasteiger partial charge in [0.25, 0.3) is 11.8 Å². The Morgan fingerprint density at radius 2 is 2.18 bits per heavy atom. The number of halogens is 2. The van der Waals surface area contributed by atoms with Gasteiger partial charge in [-0.15, -0.1) is 5.10 Å². The summed E-state index contributed by atoms with van der Waals surface area (Å²) in [5, 5.41) is 13.8. The van der Waals surface area contributed by atoms with Crippen LogP contribution < -0.4 is 5.32 Å². The summed E-state index contributed by atoms with van der Waals surface area (Å²) in [7, 11) is 1.74. The SMILES string of the molecule is Cn1ccc(-c2nnc(NC(=O)c3c(F)cccc3Cl)o2)n1. The van der Waals surface area contributed by atoms with Crippen LogP contribution in [0.25, 0.3) is 11.6 Å². The minimum Gasteiger partial charge on any atom is -0.401 e. The summed E-state index contributed by atoms with van der Waals surface area (Å²) in [5.74, 6) is -1.38. The summed E-state index contributed by atoms with van der Waals surface area (Å²) in [4.78, 5) is 12.0. The maximum Gasteiger partial charge on any atom is 0.322 e. The van der Waals surface area contributed by atoms with Crippen LogP contribution in [0.15, 0.2) is 34.9 Å². The number of anilines is 1. The fourth-order valence-corrected chi connectivity index (χ4v) is 2.03. The van der Waals surface area contributed by atoms with Gasteiger partial charge >= 0.3 is 6.01 Å². The van der Waals surface area contributed by atoms with Crippen LogP contribution in [0.2, 0.25) is 5.02 Å². The van der Waals surface area contributed by atoms with Gasteiger partial charge in [-0.2, -0.15) is 5.10 Å². The Labute approximate surface area is 128 Å². The molecule has 0 radical (unpaired) electrons. The molecule has 2 heterocycles. The zero-order valence-electron chi connectivity index (χ0n) is 11.2. The maximum atomic E-state index is 13.7. The van der Waals surface area contributed by atoms with E-state index in [-0.39, 0.29) is 22.5 Å². The number of hydrogen-bond donors (Lipinski definition) is 1. The molecule has 3 aromatic rings. The molecule has 1 amide bonds. The second kappa shape index (κ2) is 5.57. The van der Waals surface area contributed by atoms with Crippen LogP contribution >= 0.6 is 11.6 Å². The molecule has 0 unspecified atom stereocenters. The Morgan fingerprint density at radius 3 is 2.86 bits per heavy atom. The topological polar surface area (TPSA) is 85.8 Å². The third-order valence-corrected chi connectivity index (χ3v) is 3.08. The van der Waals surface area contributed by atoms with E-state index in [0.29, 0.717) is 5.69 Å². The Balaban J connectivity index is 1.82. The molecule has 0 aliphatic rings. The van der Waals surface area contributed by atoms with Crippen LogP contribution in [-0.4, -0.2) is 25.9 Å². The molecule has 22 heavy (non-hydrogen) atoms. The summed E-state index contributed by atoms with van der Waals surface area (Å²) in [6.45, 7) is 0. The van der Waals surface area contributed by atoms with E-state index in [1.165, 1.54) is 12.1 Å². The number of amides is 1. The first-order valence-corrected chi connectivity index (χ1v) is 6.51. The number of aryl methyl sites for hydroxylation is 1. The average Bonchev–Trinajstić information content (AvgIpc) is 3.07. The second-order valence-electron chi connectivity index (χ2n) is 4.34. The van der Waals surface area contributed by atoms with Crippen LogP contribution in [-0.2, 0) is 7.05 Å². The minimum absolute atomic E-state index is 0.0121. The van der Waals surface area contributed by atoms with Crippen molar-refractivity contribution in [2.75, 3.05) is 5.32 Å². The maximum absolute atomic E-state index is 13.7. The third-order valence-electron chi connectivity index (χ3n) is 2.77. The zero-order chi connectivity index (χ0) is 15.7. The van der Waals surface area contributed by atoms with E-state index in [2.05, 4.69) is 20.6 Å². The molecule has 7 nitrogen and oxygen atoms in total. The van der Waals surface area contributed by atoms with E-state index < -0.39 is 11.7 Å². The Morgan fingerprint density at radius 1 is 1.36 bits per heavy atom. The lowest BCUT2D eigenvalue weighted by atomic mass is 10.2. The largest absolute Gasteiger partial charge is 0.401 e. The van der Waals surface area contributed by atoms with Crippen molar-refractivity contribution in [1.82, 2.24) is 20.0 Å². The predicted octanol–water partition coefficient (Wildman–Crippen LogP) is 2.51. The van der Waals surface area contributed by atoms with Crippen LogP contribution in [0.1, 0.15) is 10.4 Å². The number of aromatic nitrogens is 4. The minimum atomic E-state index is -0.778. The summed E-state index contributed by atoms with van der Waals surface area (Å²) in [6, 6.07) is 5.44. The van der Waals surface area contributed by atoms with Crippen LogP contribution in [0.4, 0.5) is 10.4 Å². The summed E-state index contributed by atoms with van der Waals surface area (Å²) in [5.41, 5.74) is 0.168. The van der Waals surface area contributed by atoms with E-state index in [4.69, 9.17) is 16.0 Å². The molecule has 2 aromatic heterocycles. The molecule has 0 aliphatic carbocycles. The van der Waals surface area contributed by atoms with E-state index in [1.54, 1.807) is 24.0 Å². The number of nitrogens with one attached hydrogen (secondary N) is 1. The Kier molecular flexibility index (Phi) is 3.60. The Bertz CT molecular complexity index is 824. The van der Waals surface area contributed by atoms with Crippen LogP contribution in [0.5, 0.6) is 0 Å². The van der Waals surface area contributed by atoms with Gasteiger partial charge < -0.3 is 4.42 Å². The van der Waals surface area contributed by atoms with Crippen LogP contribution in [0, 0.1) is 5.82 Å². The van der Waals surface area contributed by atoms with Crippen molar-refractivity contribution in [1.29, 1.82) is 0 Å². The number of benzene rings is 1. The molecule has 0 saturated heterocycles. The molecule has 0 bridgehead atoms. The molecule has 3 rings (SSSR count). The number of rotatable bonds is 3. The molecule has 0 aliphatic heterocycles. The lowest BCUT2D eigenvalue weighted by molar-refractivity contribution is 0.102. The van der Waals surface area contributed by atoms with E-state index in [1.807, 2.05) is 0 Å². The fourth-order valence-electron chi connectivity index (χ4n) is 1.78. The number of carbonyl (C=O) groups excluding carboxylic acids is 1. The van der Waals surface area contributed by atoms with Crippen molar-refractivity contribution in [3.8, 4) is 11.6 Å². The van der Waals surface area contributed by atoms with E-state index in [0.717, 1.165) is 6.07 Å². The predicted molar refractivity (Wildman–Crippen MR) is 75.9 cm³/mol. The van der Waals surface area contributed by atoms with Crippen molar-refractivity contribution >= 4 is 23.5 Å². The highest BCUT2D eigenvalue weighted by molar-refractivity contribution is 6.34. The molecule has 9 heteroatoms. The first kappa shape index (κ1) is 14.2. The standard InChI is InChI=1S/C13H9ClFN5O2/c1-20-6-5-9(19-20)12-17-18-13(22-12)16-11(21)10-7(14)3-2-4-8(10)15/h2-6H,1H3,(H,16,18,21). The van der Waals surface area contributed by atoms with Crippen LogP contribution in [0.3, 0.4) is 0 Å². The van der Waals surface area contributed by atoms with Gasteiger partial charge in [0.15, 0.2) is 0 Å². The van der Waals surface area contributed by atoms with Gasteiger partial charge in [-0.1, -0.05) is 22.8 Å². The van der Waals surface area contributed by atoms with Crippen molar-refractivity contribution in [2.45, 2.75) is 0 Å². The summed E-state index contributed by atoms with van der Waals surface area (Å²) in [6.07, 6.45) is 1.71. The molecule has 1 N–H and O–H groups in total. The summed E-state index contributed by atoms with van der Waals surface area (Å²) < 4.78 is 20.5. The Hall–Kier alpha value is -2.74. The van der Waals surface area contributed by atoms with Gasteiger partial charge in [0.1, 0.15) is 11.5 Å². The molecule has 0 fully saturated rings. The number of nitrogens with zero attached hydrogens (tertiary/aromatic N) is 4. The van der Waals surface area contributed by atoms with Crippen molar-refractivity contribution in [3.63, 3.8) is 0 Å². The van der Waals surface area contributed by atoms with Crippen molar-refractivity contribution < 1.29 is 13.6 Å². The van der Waals surface area contributed by atoms with Gasteiger partial charge in [-0.3, -0.25) is 14.8 Å². The van der Waals surface area contributed by atoms with Crippen molar-refractivity contribution in [3.05, 3.63) is 46.9 Å². The smallest absolute Gasteiger partial charge is 0.322 e. The van der Waals surface area contributed by atoms with Gasteiger partial charge in [0, 0.05) is 13.2 Å². The highest BCUT2D eigenvalue weighted by Crippen LogP contribution is 2.21. The van der Waals surface area contributed by atoms with Gasteiger partial charge in [-0.25, -0.2) is 4.39 Å². The van der Waals surface area contributed by atoms with Gasteiger partial charge in [0.2, 0.25) is 0 Å². The number of hydrogen-bond acceptors (Lipinski definition) is 5. The third kappa shape index (κ3) is 2.68. The molecule has 112 valence electrons. The quantitative estimate of drug-likeness (QED) is 0.801. The molecular formula is C13H9ClFN5O2. The monoisotopic (exact) mass is 321 g/mol. The van der Waals surface area contributed by atoms with Gasteiger partial charge in [0.05, 0.1) is 10.6 Å². The molecule has 0 saturated carbocycles. The number of carbonyl (C=O) groups is 1. The molecule has 1 aromatic carbocycles. The summed E-state index contributed by atoms with van der Waals surface area (Å²) >= 11 is 5.81. The normalized spacial score (nSPS) is 10.7. The highest BCUT2D eigenvalue weighted by Gasteiger charge is 2.19. The fraction of sp³-hybridized carbons (Fsp3) is 0.0769. The first-order chi connectivity index (χ1) is 10.5. The molecular weight excluding hydrogens is 313 g/mol. The lowest BCUT2D eigenvalue weighted by Gasteiger charge is -2.03. The van der Waals surface area contributed by atoms with E-state index in [9.17, 15) is 9.18 Å². The first-order valence-electron chi connectivity index (χ1n) is 6.13. The van der Waals surface area contributed by atoms with Crippen molar-refractivity contribution in [2.24, 2.45) is 7.05 Å². The van der Waals surface area contributed by atoms with Gasteiger partial charge in [-0.05, 0) is 18.2 Å². The highest BCUT2D eigenvalue weighted by atomic mass is 35.5. The van der Waals surface area contributed by atoms with E-state index >= 15 is 0 Å². The second-order valence-corrected chi connectivity index (χ2v) is 4.74. The lowest BCUT2D eigenvalue weighted by Crippen LogP contribution is -2.14. The zero-order valence-corrected chi connectivity index (χ0v) is 12.0. The molecule has 0 spiro atoms. The molecule has 0 atom stereocenters.